The van der Waals surface area contributed by atoms with Crippen LogP contribution >= 0.6 is 23.8 Å². The molecular weight excluding hydrogens is 426 g/mol. The summed E-state index contributed by atoms with van der Waals surface area (Å²) in [4.78, 5) is 9.16. The van der Waals surface area contributed by atoms with Crippen LogP contribution in [0.1, 0.15) is 35.5 Å². The summed E-state index contributed by atoms with van der Waals surface area (Å²) in [5.74, 6) is 0. The van der Waals surface area contributed by atoms with E-state index in [9.17, 15) is 0 Å². The van der Waals surface area contributed by atoms with Crippen LogP contribution in [0, 0.1) is 6.92 Å². The fraction of sp³-hybridized carbons (Fsp3) is 0.333. The molecule has 1 fully saturated rings. The fourth-order valence-corrected chi connectivity index (χ4v) is 4.62. The summed E-state index contributed by atoms with van der Waals surface area (Å²) in [5.41, 5.74) is 4.32. The molecule has 1 aromatic carbocycles. The molecule has 7 heteroatoms. The molecule has 2 aromatic heterocycles. The van der Waals surface area contributed by atoms with Crippen LogP contribution in [0.25, 0.3) is 5.69 Å². The number of pyridine rings is 1. The van der Waals surface area contributed by atoms with E-state index in [1.807, 2.05) is 31.3 Å². The van der Waals surface area contributed by atoms with E-state index in [0.29, 0.717) is 0 Å². The molecule has 0 amide bonds. The average Bonchev–Trinajstić information content (AvgIpc) is 3.35. The predicted octanol–water partition coefficient (Wildman–Crippen LogP) is 4.76. The zero-order chi connectivity index (χ0) is 22.0. The number of benzene rings is 1. The van der Waals surface area contributed by atoms with Crippen LogP contribution in [-0.2, 0) is 0 Å². The molecule has 2 atom stereocenters. The van der Waals surface area contributed by atoms with Crippen molar-refractivity contribution in [2.45, 2.75) is 25.4 Å². The Morgan fingerprint density at radius 3 is 2.71 bits per heavy atom. The lowest BCUT2D eigenvalue weighted by atomic mass is 10.0. The minimum absolute atomic E-state index is 0.0184. The van der Waals surface area contributed by atoms with E-state index < -0.39 is 0 Å². The van der Waals surface area contributed by atoms with Crippen LogP contribution in [0.5, 0.6) is 0 Å². The molecule has 0 unspecified atom stereocenters. The maximum Gasteiger partial charge on any atom is 0.170 e. The van der Waals surface area contributed by atoms with Gasteiger partial charge in [-0.2, -0.15) is 0 Å². The van der Waals surface area contributed by atoms with Crippen molar-refractivity contribution in [3.05, 3.63) is 82.9 Å². The maximum absolute atomic E-state index is 6.28. The summed E-state index contributed by atoms with van der Waals surface area (Å²) < 4.78 is 2.23. The third-order valence-electron chi connectivity index (χ3n) is 5.71. The lowest BCUT2D eigenvalue weighted by Gasteiger charge is -2.29. The normalized spacial score (nSPS) is 18.6. The van der Waals surface area contributed by atoms with Crippen molar-refractivity contribution in [3.63, 3.8) is 0 Å². The predicted molar refractivity (Wildman–Crippen MR) is 131 cm³/mol. The molecule has 31 heavy (non-hydrogen) atoms. The molecule has 0 radical (unpaired) electrons. The highest BCUT2D eigenvalue weighted by molar-refractivity contribution is 7.80. The largest absolute Gasteiger partial charge is 0.352 e. The molecule has 162 valence electrons. The first-order chi connectivity index (χ1) is 15.0. The number of aromatic nitrogens is 2. The SMILES string of the molecule is Cc1cc(-n2cccc2[C@H]2[C@H](c3ccccn3)NC(=S)N2CCCN(C)C)ccc1Cl. The van der Waals surface area contributed by atoms with Gasteiger partial charge >= 0.3 is 0 Å². The van der Waals surface area contributed by atoms with Crippen molar-refractivity contribution < 1.29 is 0 Å². The Morgan fingerprint density at radius 2 is 2.00 bits per heavy atom. The summed E-state index contributed by atoms with van der Waals surface area (Å²) in [6.45, 7) is 3.92. The zero-order valence-electron chi connectivity index (χ0n) is 18.1. The van der Waals surface area contributed by atoms with E-state index in [2.05, 4.69) is 75.3 Å². The van der Waals surface area contributed by atoms with Gasteiger partial charge in [0.2, 0.25) is 0 Å². The Hall–Kier alpha value is -2.41. The molecule has 1 aliphatic heterocycles. The Bertz CT molecular complexity index is 1050. The molecule has 1 N–H and O–H groups in total. The summed E-state index contributed by atoms with van der Waals surface area (Å²) in [7, 11) is 4.20. The number of halogens is 1. The highest BCUT2D eigenvalue weighted by Crippen LogP contribution is 2.39. The molecule has 3 aromatic rings. The van der Waals surface area contributed by atoms with Gasteiger partial charge in [0, 0.05) is 35.3 Å². The van der Waals surface area contributed by atoms with Gasteiger partial charge in [-0.25, -0.2) is 0 Å². The number of nitrogens with one attached hydrogen (secondary N) is 1. The molecule has 0 spiro atoms. The molecule has 0 bridgehead atoms. The third-order valence-corrected chi connectivity index (χ3v) is 6.48. The van der Waals surface area contributed by atoms with Gasteiger partial charge in [0.05, 0.1) is 17.8 Å². The second-order valence-corrected chi connectivity index (χ2v) is 9.01. The van der Waals surface area contributed by atoms with Crippen LogP contribution in [-0.4, -0.2) is 51.6 Å². The Labute approximate surface area is 194 Å². The first-order valence-electron chi connectivity index (χ1n) is 10.5. The first-order valence-corrected chi connectivity index (χ1v) is 11.3. The number of hydrogen-bond acceptors (Lipinski definition) is 3. The van der Waals surface area contributed by atoms with Crippen molar-refractivity contribution >= 4 is 28.9 Å². The van der Waals surface area contributed by atoms with Crippen LogP contribution < -0.4 is 5.32 Å². The second kappa shape index (κ2) is 9.39. The van der Waals surface area contributed by atoms with Gasteiger partial charge in [0.25, 0.3) is 0 Å². The topological polar surface area (TPSA) is 36.3 Å². The molecule has 1 saturated heterocycles. The minimum Gasteiger partial charge on any atom is -0.352 e. The van der Waals surface area contributed by atoms with Crippen LogP contribution in [0.4, 0.5) is 0 Å². The number of nitrogens with zero attached hydrogens (tertiary/aromatic N) is 4. The average molecular weight is 454 g/mol. The number of thiocarbonyl (C=S) groups is 1. The van der Waals surface area contributed by atoms with Crippen molar-refractivity contribution in [1.82, 2.24) is 24.7 Å². The Balaban J connectivity index is 1.74. The van der Waals surface area contributed by atoms with E-state index in [-0.39, 0.29) is 12.1 Å². The van der Waals surface area contributed by atoms with Crippen LogP contribution in [0.3, 0.4) is 0 Å². The monoisotopic (exact) mass is 453 g/mol. The van der Waals surface area contributed by atoms with Gasteiger partial charge in [-0.3, -0.25) is 4.98 Å². The van der Waals surface area contributed by atoms with E-state index >= 15 is 0 Å². The smallest absolute Gasteiger partial charge is 0.170 e. The summed E-state index contributed by atoms with van der Waals surface area (Å²) in [5, 5.41) is 5.10. The van der Waals surface area contributed by atoms with Gasteiger partial charge in [-0.1, -0.05) is 17.7 Å². The summed E-state index contributed by atoms with van der Waals surface area (Å²) >= 11 is 12.1. The quantitative estimate of drug-likeness (QED) is 0.522. The number of rotatable bonds is 7. The second-order valence-electron chi connectivity index (χ2n) is 8.21. The third kappa shape index (κ3) is 4.61. The van der Waals surface area contributed by atoms with Crippen molar-refractivity contribution in [2.75, 3.05) is 27.2 Å². The minimum atomic E-state index is -0.0184. The van der Waals surface area contributed by atoms with Gasteiger partial charge in [0.1, 0.15) is 0 Å². The van der Waals surface area contributed by atoms with Gasteiger partial charge < -0.3 is 19.7 Å². The van der Waals surface area contributed by atoms with Gasteiger partial charge in [-0.15, -0.1) is 0 Å². The standard InChI is InChI=1S/C24H28ClN5S/c1-17-16-18(10-11-19(17)25)29-14-6-9-21(29)23-22(20-8-4-5-12-26-20)27-24(31)30(23)15-7-13-28(2)3/h4-6,8-12,14,16,22-23H,7,13,15H2,1-3H3,(H,27,31)/t22-,23-/m0/s1. The van der Waals surface area contributed by atoms with E-state index in [0.717, 1.165) is 46.6 Å². The maximum atomic E-state index is 6.28. The summed E-state index contributed by atoms with van der Waals surface area (Å²) in [6.07, 6.45) is 4.97. The summed E-state index contributed by atoms with van der Waals surface area (Å²) in [6, 6.07) is 16.5. The number of aryl methyl sites for hydroxylation is 1. The fourth-order valence-electron chi connectivity index (χ4n) is 4.17. The molecule has 3 heterocycles. The molecule has 0 saturated carbocycles. The zero-order valence-corrected chi connectivity index (χ0v) is 19.7. The van der Waals surface area contributed by atoms with Gasteiger partial charge in [-0.05, 0) is 94.2 Å². The number of hydrogen-bond donors (Lipinski definition) is 1. The van der Waals surface area contributed by atoms with E-state index in [1.165, 1.54) is 5.69 Å². The highest BCUT2D eigenvalue weighted by Gasteiger charge is 2.40. The van der Waals surface area contributed by atoms with Crippen LogP contribution in [0.15, 0.2) is 60.9 Å². The highest BCUT2D eigenvalue weighted by atomic mass is 35.5. The molecular formula is C24H28ClN5S. The lowest BCUT2D eigenvalue weighted by molar-refractivity contribution is 0.286. The van der Waals surface area contributed by atoms with Crippen molar-refractivity contribution in [1.29, 1.82) is 0 Å². The Morgan fingerprint density at radius 1 is 1.16 bits per heavy atom. The van der Waals surface area contributed by atoms with E-state index in [1.54, 1.807) is 0 Å². The lowest BCUT2D eigenvalue weighted by Crippen LogP contribution is -2.33. The van der Waals surface area contributed by atoms with Crippen LogP contribution in [0.2, 0.25) is 5.02 Å². The van der Waals surface area contributed by atoms with E-state index in [4.69, 9.17) is 23.8 Å². The van der Waals surface area contributed by atoms with Crippen molar-refractivity contribution in [3.8, 4) is 5.69 Å². The first kappa shape index (κ1) is 21.8. The molecule has 5 nitrogen and oxygen atoms in total. The Kier molecular flexibility index (Phi) is 6.60. The molecule has 1 aliphatic rings. The van der Waals surface area contributed by atoms with Crippen molar-refractivity contribution in [2.24, 2.45) is 0 Å². The molecule has 0 aliphatic carbocycles. The van der Waals surface area contributed by atoms with Gasteiger partial charge in [0.15, 0.2) is 5.11 Å². The molecule has 4 rings (SSSR count).